The maximum absolute atomic E-state index is 6.00. The molecule has 1 aromatic carbocycles. The molecule has 0 amide bonds. The third kappa shape index (κ3) is 2.58. The zero-order chi connectivity index (χ0) is 13.0. The quantitative estimate of drug-likeness (QED) is 0.741. The van der Waals surface area contributed by atoms with Gasteiger partial charge in [0.2, 0.25) is 0 Å². The SMILES string of the molecule is C/C=C/c1ccc(OC2CC=CC2)c(OC)c1C. The van der Waals surface area contributed by atoms with Gasteiger partial charge in [0, 0.05) is 18.4 Å². The van der Waals surface area contributed by atoms with Crippen LogP contribution in [0, 0.1) is 6.92 Å². The smallest absolute Gasteiger partial charge is 0.164 e. The van der Waals surface area contributed by atoms with Gasteiger partial charge in [0.15, 0.2) is 11.5 Å². The topological polar surface area (TPSA) is 18.5 Å². The number of methoxy groups -OCH3 is 1. The van der Waals surface area contributed by atoms with Crippen LogP contribution in [0.5, 0.6) is 11.5 Å². The van der Waals surface area contributed by atoms with E-state index >= 15 is 0 Å². The van der Waals surface area contributed by atoms with E-state index in [0.717, 1.165) is 29.9 Å². The summed E-state index contributed by atoms with van der Waals surface area (Å²) in [6.45, 7) is 4.08. The van der Waals surface area contributed by atoms with Crippen molar-refractivity contribution in [2.75, 3.05) is 7.11 Å². The Balaban J connectivity index is 2.27. The van der Waals surface area contributed by atoms with E-state index in [1.165, 1.54) is 5.56 Å². The second-order valence-corrected chi connectivity index (χ2v) is 4.49. The molecule has 0 unspecified atom stereocenters. The minimum atomic E-state index is 0.255. The van der Waals surface area contributed by atoms with E-state index < -0.39 is 0 Å². The predicted octanol–water partition coefficient (Wildman–Crippen LogP) is 4.13. The molecule has 2 nitrogen and oxygen atoms in total. The second-order valence-electron chi connectivity index (χ2n) is 4.49. The van der Waals surface area contributed by atoms with Crippen LogP contribution in [-0.4, -0.2) is 13.2 Å². The molecular formula is C16H20O2. The van der Waals surface area contributed by atoms with Crippen LogP contribution in [0.15, 0.2) is 30.4 Å². The Labute approximate surface area is 109 Å². The highest BCUT2D eigenvalue weighted by atomic mass is 16.5. The molecule has 1 aliphatic carbocycles. The zero-order valence-electron chi connectivity index (χ0n) is 11.3. The average molecular weight is 244 g/mol. The Hall–Kier alpha value is -1.70. The molecule has 1 aromatic rings. The van der Waals surface area contributed by atoms with Crippen molar-refractivity contribution in [2.45, 2.75) is 32.8 Å². The van der Waals surface area contributed by atoms with E-state index in [1.54, 1.807) is 7.11 Å². The van der Waals surface area contributed by atoms with Gasteiger partial charge in [0.05, 0.1) is 7.11 Å². The number of ether oxygens (including phenoxy) is 2. The Bertz CT molecular complexity index is 464. The third-order valence-corrected chi connectivity index (χ3v) is 3.22. The maximum atomic E-state index is 6.00. The van der Waals surface area contributed by atoms with Gasteiger partial charge in [-0.2, -0.15) is 0 Å². The van der Waals surface area contributed by atoms with E-state index in [-0.39, 0.29) is 6.10 Å². The van der Waals surface area contributed by atoms with Gasteiger partial charge in [-0.1, -0.05) is 30.4 Å². The van der Waals surface area contributed by atoms with Gasteiger partial charge in [-0.25, -0.2) is 0 Å². The molecule has 96 valence electrons. The Morgan fingerprint density at radius 2 is 1.94 bits per heavy atom. The van der Waals surface area contributed by atoms with E-state index in [0.29, 0.717) is 0 Å². The molecule has 0 N–H and O–H groups in total. The molecule has 0 atom stereocenters. The summed E-state index contributed by atoms with van der Waals surface area (Å²) in [5.41, 5.74) is 2.30. The summed E-state index contributed by atoms with van der Waals surface area (Å²) in [5, 5.41) is 0. The minimum absolute atomic E-state index is 0.255. The predicted molar refractivity (Wildman–Crippen MR) is 75.2 cm³/mol. The first-order chi connectivity index (χ1) is 8.76. The summed E-state index contributed by atoms with van der Waals surface area (Å²) in [4.78, 5) is 0. The van der Waals surface area contributed by atoms with Crippen LogP contribution < -0.4 is 9.47 Å². The number of allylic oxidation sites excluding steroid dienone is 1. The van der Waals surface area contributed by atoms with Crippen LogP contribution in [0.1, 0.15) is 30.9 Å². The largest absolute Gasteiger partial charge is 0.493 e. The summed E-state index contributed by atoms with van der Waals surface area (Å²) in [6.07, 6.45) is 10.7. The standard InChI is InChI=1S/C16H20O2/c1-4-7-13-10-11-15(16(17-3)12(13)2)18-14-8-5-6-9-14/h4-7,10-11,14H,8-9H2,1-3H3/b7-4+. The summed E-state index contributed by atoms with van der Waals surface area (Å²) < 4.78 is 11.5. The van der Waals surface area contributed by atoms with Gasteiger partial charge in [-0.3, -0.25) is 0 Å². The third-order valence-electron chi connectivity index (χ3n) is 3.22. The molecule has 0 fully saturated rings. The number of benzene rings is 1. The molecule has 0 saturated carbocycles. The van der Waals surface area contributed by atoms with Crippen LogP contribution in [-0.2, 0) is 0 Å². The molecule has 2 rings (SSSR count). The molecule has 1 aliphatic rings. The highest BCUT2D eigenvalue weighted by molar-refractivity contribution is 5.61. The molecule has 0 aromatic heterocycles. The molecule has 0 saturated heterocycles. The highest BCUT2D eigenvalue weighted by Crippen LogP contribution is 2.35. The fourth-order valence-electron chi connectivity index (χ4n) is 2.26. The molecular weight excluding hydrogens is 224 g/mol. The van der Waals surface area contributed by atoms with Gasteiger partial charge in [0.25, 0.3) is 0 Å². The first-order valence-corrected chi connectivity index (χ1v) is 6.38. The highest BCUT2D eigenvalue weighted by Gasteiger charge is 2.16. The lowest BCUT2D eigenvalue weighted by Gasteiger charge is -2.18. The lowest BCUT2D eigenvalue weighted by Crippen LogP contribution is -2.12. The van der Waals surface area contributed by atoms with Gasteiger partial charge >= 0.3 is 0 Å². The van der Waals surface area contributed by atoms with E-state index in [1.807, 2.05) is 19.1 Å². The Morgan fingerprint density at radius 1 is 1.22 bits per heavy atom. The van der Waals surface area contributed by atoms with Crippen molar-refractivity contribution in [2.24, 2.45) is 0 Å². The van der Waals surface area contributed by atoms with Crippen molar-refractivity contribution in [3.05, 3.63) is 41.5 Å². The van der Waals surface area contributed by atoms with Crippen molar-refractivity contribution >= 4 is 6.08 Å². The summed E-state index contributed by atoms with van der Waals surface area (Å²) in [5.74, 6) is 1.69. The van der Waals surface area contributed by atoms with Crippen LogP contribution in [0.25, 0.3) is 6.08 Å². The van der Waals surface area contributed by atoms with Crippen molar-refractivity contribution in [3.8, 4) is 11.5 Å². The van der Waals surface area contributed by atoms with Gasteiger partial charge < -0.3 is 9.47 Å². The van der Waals surface area contributed by atoms with Crippen molar-refractivity contribution < 1.29 is 9.47 Å². The number of hydrogen-bond donors (Lipinski definition) is 0. The summed E-state index contributed by atoms with van der Waals surface area (Å²) in [7, 11) is 1.70. The van der Waals surface area contributed by atoms with Crippen molar-refractivity contribution in [3.63, 3.8) is 0 Å². The number of hydrogen-bond acceptors (Lipinski definition) is 2. The fourth-order valence-corrected chi connectivity index (χ4v) is 2.26. The second kappa shape index (κ2) is 5.76. The van der Waals surface area contributed by atoms with Crippen LogP contribution in [0.2, 0.25) is 0 Å². The summed E-state index contributed by atoms with van der Waals surface area (Å²) >= 11 is 0. The molecule has 0 aliphatic heterocycles. The normalized spacial score (nSPS) is 15.5. The van der Waals surface area contributed by atoms with Crippen LogP contribution in [0.4, 0.5) is 0 Å². The zero-order valence-corrected chi connectivity index (χ0v) is 11.3. The van der Waals surface area contributed by atoms with E-state index in [9.17, 15) is 0 Å². The molecule has 0 heterocycles. The van der Waals surface area contributed by atoms with Crippen molar-refractivity contribution in [1.29, 1.82) is 0 Å². The maximum Gasteiger partial charge on any atom is 0.164 e. The fraction of sp³-hybridized carbons (Fsp3) is 0.375. The molecule has 2 heteroatoms. The molecule has 0 radical (unpaired) electrons. The Morgan fingerprint density at radius 3 is 2.56 bits per heavy atom. The monoisotopic (exact) mass is 244 g/mol. The molecule has 18 heavy (non-hydrogen) atoms. The Kier molecular flexibility index (Phi) is 4.08. The summed E-state index contributed by atoms with van der Waals surface area (Å²) in [6, 6.07) is 4.08. The first-order valence-electron chi connectivity index (χ1n) is 6.38. The first kappa shape index (κ1) is 12.7. The van der Waals surface area contributed by atoms with Crippen molar-refractivity contribution in [1.82, 2.24) is 0 Å². The number of rotatable bonds is 4. The average Bonchev–Trinajstić information content (AvgIpc) is 2.86. The van der Waals surface area contributed by atoms with Crippen LogP contribution in [0.3, 0.4) is 0 Å². The van der Waals surface area contributed by atoms with E-state index in [4.69, 9.17) is 9.47 Å². The minimum Gasteiger partial charge on any atom is -0.493 e. The van der Waals surface area contributed by atoms with Crippen LogP contribution >= 0.6 is 0 Å². The van der Waals surface area contributed by atoms with Gasteiger partial charge in [-0.05, 0) is 25.5 Å². The lowest BCUT2D eigenvalue weighted by molar-refractivity contribution is 0.206. The van der Waals surface area contributed by atoms with E-state index in [2.05, 4.69) is 31.2 Å². The molecule has 0 spiro atoms. The molecule has 0 bridgehead atoms. The van der Waals surface area contributed by atoms with Gasteiger partial charge in [0.1, 0.15) is 6.10 Å². The lowest BCUT2D eigenvalue weighted by atomic mass is 10.1. The van der Waals surface area contributed by atoms with Gasteiger partial charge in [-0.15, -0.1) is 0 Å².